The average Bonchev–Trinajstić information content (AvgIpc) is 2.70. The molecule has 0 fully saturated rings. The van der Waals surface area contributed by atoms with Gasteiger partial charge < -0.3 is 9.72 Å². The molecule has 0 saturated carbocycles. The monoisotopic (exact) mass is 268 g/mol. The number of fused-ring (bicyclic) bond motifs is 1. The van der Waals surface area contributed by atoms with Crippen LogP contribution in [0.4, 0.5) is 0 Å². The molecule has 18 heavy (non-hydrogen) atoms. The summed E-state index contributed by atoms with van der Waals surface area (Å²) in [5, 5.41) is 1.06. The molecule has 0 saturated heterocycles. The number of aromatic nitrogens is 1. The number of hydrogen-bond acceptors (Lipinski definition) is 3. The highest BCUT2D eigenvalue weighted by Crippen LogP contribution is 2.23. The summed E-state index contributed by atoms with van der Waals surface area (Å²) in [6.45, 7) is 0.392. The Bertz CT molecular complexity index is 646. The van der Waals surface area contributed by atoms with Gasteiger partial charge in [0.15, 0.2) is 0 Å². The number of ether oxygens (including phenoxy) is 1. The molecule has 1 aromatic carbocycles. The van der Waals surface area contributed by atoms with E-state index in [0.29, 0.717) is 13.0 Å². The second-order valence-corrected chi connectivity index (χ2v) is 5.97. The van der Waals surface area contributed by atoms with Crippen LogP contribution in [0.5, 0.6) is 5.75 Å². The molecule has 0 radical (unpaired) electrons. The van der Waals surface area contributed by atoms with E-state index in [-0.39, 0.29) is 0 Å². The normalized spacial score (nSPS) is 11.9. The highest BCUT2D eigenvalue weighted by molar-refractivity contribution is 7.88. The van der Waals surface area contributed by atoms with E-state index >= 15 is 0 Å². The average molecular weight is 268 g/mol. The molecule has 0 unspecified atom stereocenters. The van der Waals surface area contributed by atoms with Crippen LogP contribution < -0.4 is 9.46 Å². The Morgan fingerprint density at radius 3 is 2.83 bits per heavy atom. The number of aromatic amines is 1. The highest BCUT2D eigenvalue weighted by Gasteiger charge is 2.06. The first-order chi connectivity index (χ1) is 8.49. The Hall–Kier alpha value is -1.53. The molecule has 0 spiro atoms. The van der Waals surface area contributed by atoms with Gasteiger partial charge in [0.2, 0.25) is 10.0 Å². The third-order valence-electron chi connectivity index (χ3n) is 2.73. The van der Waals surface area contributed by atoms with Gasteiger partial charge in [0, 0.05) is 23.6 Å². The van der Waals surface area contributed by atoms with Crippen LogP contribution in [0.1, 0.15) is 5.56 Å². The molecule has 0 atom stereocenters. The van der Waals surface area contributed by atoms with Gasteiger partial charge in [-0.3, -0.25) is 0 Å². The first-order valence-electron chi connectivity index (χ1n) is 5.58. The lowest BCUT2D eigenvalue weighted by Crippen LogP contribution is -2.24. The Labute approximate surface area is 106 Å². The van der Waals surface area contributed by atoms with Gasteiger partial charge in [-0.2, -0.15) is 0 Å². The van der Waals surface area contributed by atoms with E-state index in [0.717, 1.165) is 28.5 Å². The molecule has 2 aromatic rings. The molecule has 1 heterocycles. The molecular formula is C12H16N2O3S. The minimum absolute atomic E-state index is 0.392. The third-order valence-corrected chi connectivity index (χ3v) is 3.46. The van der Waals surface area contributed by atoms with Gasteiger partial charge in [-0.05, 0) is 30.2 Å². The molecule has 98 valence electrons. The van der Waals surface area contributed by atoms with E-state index < -0.39 is 10.0 Å². The van der Waals surface area contributed by atoms with E-state index in [4.69, 9.17) is 4.74 Å². The zero-order valence-electron chi connectivity index (χ0n) is 10.4. The Kier molecular flexibility index (Phi) is 3.58. The first-order valence-corrected chi connectivity index (χ1v) is 7.47. The molecular weight excluding hydrogens is 252 g/mol. The number of nitrogens with one attached hydrogen (secondary N) is 2. The molecule has 0 bridgehead atoms. The molecule has 0 amide bonds. The molecule has 2 N–H and O–H groups in total. The zero-order chi connectivity index (χ0) is 13.2. The van der Waals surface area contributed by atoms with Crippen molar-refractivity contribution in [3.8, 4) is 5.75 Å². The lowest BCUT2D eigenvalue weighted by atomic mass is 10.1. The Morgan fingerprint density at radius 2 is 2.17 bits per heavy atom. The fourth-order valence-corrected chi connectivity index (χ4v) is 2.34. The standard InChI is InChI=1S/C12H16N2O3S/c1-17-10-3-4-12-11(7-10)9(8-13-12)5-6-14-18(2,15)16/h3-4,7-8,13-14H,5-6H2,1-2H3. The molecule has 5 nitrogen and oxygen atoms in total. The van der Waals surface area contributed by atoms with Crippen molar-refractivity contribution in [2.45, 2.75) is 6.42 Å². The zero-order valence-corrected chi connectivity index (χ0v) is 11.2. The predicted octanol–water partition coefficient (Wildman–Crippen LogP) is 1.27. The van der Waals surface area contributed by atoms with E-state index in [1.54, 1.807) is 7.11 Å². The number of benzene rings is 1. The summed E-state index contributed by atoms with van der Waals surface area (Å²) < 4.78 is 29.6. The smallest absolute Gasteiger partial charge is 0.208 e. The van der Waals surface area contributed by atoms with Crippen LogP contribution in [0.3, 0.4) is 0 Å². The van der Waals surface area contributed by atoms with Crippen LogP contribution in [0.25, 0.3) is 10.9 Å². The SMILES string of the molecule is COc1ccc2[nH]cc(CCNS(C)(=O)=O)c2c1. The van der Waals surface area contributed by atoms with Gasteiger partial charge in [0.1, 0.15) is 5.75 Å². The highest BCUT2D eigenvalue weighted by atomic mass is 32.2. The lowest BCUT2D eigenvalue weighted by molar-refractivity contribution is 0.415. The van der Waals surface area contributed by atoms with Crippen molar-refractivity contribution in [1.82, 2.24) is 9.71 Å². The second-order valence-electron chi connectivity index (χ2n) is 4.14. The summed E-state index contributed by atoms with van der Waals surface area (Å²) >= 11 is 0. The van der Waals surface area contributed by atoms with Crippen LogP contribution in [0, 0.1) is 0 Å². The van der Waals surface area contributed by atoms with Gasteiger partial charge in [-0.15, -0.1) is 0 Å². The number of methoxy groups -OCH3 is 1. The van der Waals surface area contributed by atoms with Crippen molar-refractivity contribution in [3.05, 3.63) is 30.0 Å². The second kappa shape index (κ2) is 4.99. The summed E-state index contributed by atoms with van der Waals surface area (Å²) in [5.74, 6) is 0.791. The largest absolute Gasteiger partial charge is 0.497 e. The van der Waals surface area contributed by atoms with Crippen LogP contribution in [0.15, 0.2) is 24.4 Å². The van der Waals surface area contributed by atoms with Crippen LogP contribution >= 0.6 is 0 Å². The van der Waals surface area contributed by atoms with Crippen molar-refractivity contribution in [2.75, 3.05) is 19.9 Å². The summed E-state index contributed by atoms with van der Waals surface area (Å²) in [4.78, 5) is 3.15. The van der Waals surface area contributed by atoms with Gasteiger partial charge >= 0.3 is 0 Å². The Balaban J connectivity index is 2.18. The minimum Gasteiger partial charge on any atom is -0.497 e. The van der Waals surface area contributed by atoms with Gasteiger partial charge in [-0.25, -0.2) is 13.1 Å². The van der Waals surface area contributed by atoms with Crippen molar-refractivity contribution < 1.29 is 13.2 Å². The van der Waals surface area contributed by atoms with E-state index in [2.05, 4.69) is 9.71 Å². The van der Waals surface area contributed by atoms with Crippen molar-refractivity contribution in [2.24, 2.45) is 0 Å². The fourth-order valence-electron chi connectivity index (χ4n) is 1.86. The number of hydrogen-bond donors (Lipinski definition) is 2. The maximum Gasteiger partial charge on any atom is 0.208 e. The van der Waals surface area contributed by atoms with E-state index in [1.165, 1.54) is 0 Å². The van der Waals surface area contributed by atoms with Gasteiger partial charge in [0.25, 0.3) is 0 Å². The Morgan fingerprint density at radius 1 is 1.39 bits per heavy atom. The summed E-state index contributed by atoms with van der Waals surface area (Å²) in [7, 11) is -1.50. The lowest BCUT2D eigenvalue weighted by Gasteiger charge is -2.03. The summed E-state index contributed by atoms with van der Waals surface area (Å²) in [6, 6.07) is 5.78. The number of sulfonamides is 1. The van der Waals surface area contributed by atoms with Crippen LogP contribution in [-0.4, -0.2) is 33.3 Å². The molecule has 0 aliphatic rings. The topological polar surface area (TPSA) is 71.2 Å². The molecule has 1 aromatic heterocycles. The molecule has 0 aliphatic heterocycles. The minimum atomic E-state index is -3.13. The predicted molar refractivity (Wildman–Crippen MR) is 71.4 cm³/mol. The maximum atomic E-state index is 11.0. The third kappa shape index (κ3) is 3.02. The van der Waals surface area contributed by atoms with Gasteiger partial charge in [0.05, 0.1) is 13.4 Å². The molecule has 2 rings (SSSR count). The first kappa shape index (κ1) is 12.9. The summed E-state index contributed by atoms with van der Waals surface area (Å²) in [6.07, 6.45) is 3.69. The maximum absolute atomic E-state index is 11.0. The van der Waals surface area contributed by atoms with E-state index in [1.807, 2.05) is 24.4 Å². The van der Waals surface area contributed by atoms with Crippen molar-refractivity contribution in [1.29, 1.82) is 0 Å². The van der Waals surface area contributed by atoms with E-state index in [9.17, 15) is 8.42 Å². The summed E-state index contributed by atoms with van der Waals surface area (Å²) in [5.41, 5.74) is 2.09. The van der Waals surface area contributed by atoms with Crippen LogP contribution in [0.2, 0.25) is 0 Å². The fraction of sp³-hybridized carbons (Fsp3) is 0.333. The number of rotatable bonds is 5. The van der Waals surface area contributed by atoms with Crippen LogP contribution in [-0.2, 0) is 16.4 Å². The molecule has 0 aliphatic carbocycles. The molecule has 6 heteroatoms. The van der Waals surface area contributed by atoms with Gasteiger partial charge in [-0.1, -0.05) is 0 Å². The van der Waals surface area contributed by atoms with Crippen molar-refractivity contribution >= 4 is 20.9 Å². The quantitative estimate of drug-likeness (QED) is 0.857. The number of H-pyrrole nitrogens is 1. The van der Waals surface area contributed by atoms with Crippen molar-refractivity contribution in [3.63, 3.8) is 0 Å².